The molecule has 0 radical (unpaired) electrons. The van der Waals surface area contributed by atoms with Crippen LogP contribution in [-0.2, 0) is 10.1 Å². The molecule has 0 fully saturated rings. The first-order valence-electron chi connectivity index (χ1n) is 3.00. The Bertz CT molecular complexity index is 416. The number of rotatable bonds is 1. The summed E-state index contributed by atoms with van der Waals surface area (Å²) in [6.07, 6.45) is 0. The lowest BCUT2D eigenvalue weighted by Crippen LogP contribution is -1.97. The molecule has 1 aromatic carbocycles. The molecule has 0 aliphatic heterocycles. The average Bonchev–Trinajstić information content (AvgIpc) is 2.03. The largest absolute Gasteiger partial charge is 0.744 e. The SMILES string of the molecule is N#Cc1ccc(S(=O)(=O)[O-])cc1.[NH4+]. The van der Waals surface area contributed by atoms with Crippen molar-refractivity contribution in [2.75, 3.05) is 0 Å². The van der Waals surface area contributed by atoms with Crippen molar-refractivity contribution >= 4 is 10.1 Å². The van der Waals surface area contributed by atoms with E-state index in [1.54, 1.807) is 0 Å². The van der Waals surface area contributed by atoms with E-state index in [1.807, 2.05) is 6.07 Å². The molecule has 0 saturated carbocycles. The highest BCUT2D eigenvalue weighted by atomic mass is 32.2. The van der Waals surface area contributed by atoms with Crippen LogP contribution in [0.5, 0.6) is 0 Å². The molecule has 13 heavy (non-hydrogen) atoms. The number of quaternary nitrogens is 1. The third kappa shape index (κ3) is 2.83. The highest BCUT2D eigenvalue weighted by Crippen LogP contribution is 2.08. The van der Waals surface area contributed by atoms with Crippen molar-refractivity contribution in [3.63, 3.8) is 0 Å². The van der Waals surface area contributed by atoms with Crippen LogP contribution in [0, 0.1) is 11.3 Å². The van der Waals surface area contributed by atoms with E-state index in [9.17, 15) is 13.0 Å². The fourth-order valence-corrected chi connectivity index (χ4v) is 1.17. The summed E-state index contributed by atoms with van der Waals surface area (Å²) in [5.74, 6) is 0. The first-order chi connectivity index (χ1) is 5.54. The molecular weight excluding hydrogens is 192 g/mol. The van der Waals surface area contributed by atoms with Gasteiger partial charge in [0.1, 0.15) is 10.1 Å². The van der Waals surface area contributed by atoms with Gasteiger partial charge in [0.2, 0.25) is 0 Å². The number of nitriles is 1. The molecule has 0 spiro atoms. The van der Waals surface area contributed by atoms with Gasteiger partial charge in [-0.1, -0.05) is 0 Å². The van der Waals surface area contributed by atoms with Gasteiger partial charge in [0.15, 0.2) is 0 Å². The second-order valence-electron chi connectivity index (χ2n) is 2.09. The van der Waals surface area contributed by atoms with E-state index in [0.717, 1.165) is 12.1 Å². The maximum absolute atomic E-state index is 10.4. The summed E-state index contributed by atoms with van der Waals surface area (Å²) >= 11 is 0. The molecule has 0 aliphatic rings. The van der Waals surface area contributed by atoms with E-state index < -0.39 is 10.1 Å². The number of nitrogens with zero attached hydrogens (tertiary/aromatic N) is 1. The van der Waals surface area contributed by atoms with E-state index in [-0.39, 0.29) is 11.0 Å². The van der Waals surface area contributed by atoms with Gasteiger partial charge >= 0.3 is 0 Å². The molecule has 0 amide bonds. The summed E-state index contributed by atoms with van der Waals surface area (Å²) in [5, 5.41) is 8.35. The van der Waals surface area contributed by atoms with Crippen LogP contribution in [0.15, 0.2) is 29.2 Å². The van der Waals surface area contributed by atoms with Crippen molar-refractivity contribution in [2.45, 2.75) is 4.90 Å². The van der Waals surface area contributed by atoms with Crippen LogP contribution in [0.3, 0.4) is 0 Å². The van der Waals surface area contributed by atoms with Crippen LogP contribution in [0.4, 0.5) is 0 Å². The molecule has 1 aromatic rings. The summed E-state index contributed by atoms with van der Waals surface area (Å²) in [6.45, 7) is 0. The third-order valence-electron chi connectivity index (χ3n) is 1.27. The van der Waals surface area contributed by atoms with Gasteiger partial charge < -0.3 is 10.7 Å². The molecule has 5 nitrogen and oxygen atoms in total. The molecule has 0 bridgehead atoms. The summed E-state index contributed by atoms with van der Waals surface area (Å²) in [7, 11) is -4.39. The lowest BCUT2D eigenvalue weighted by Gasteiger charge is -2.05. The minimum absolute atomic E-state index is 0. The summed E-state index contributed by atoms with van der Waals surface area (Å²) in [5.41, 5.74) is 0.322. The first kappa shape index (κ1) is 11.6. The van der Waals surface area contributed by atoms with E-state index in [1.165, 1.54) is 12.1 Å². The fourth-order valence-electron chi connectivity index (χ4n) is 0.696. The third-order valence-corrected chi connectivity index (χ3v) is 2.12. The molecule has 1 rings (SSSR count). The van der Waals surface area contributed by atoms with Gasteiger partial charge in [-0.2, -0.15) is 5.26 Å². The molecule has 0 atom stereocenters. The predicted molar refractivity (Wildman–Crippen MR) is 45.1 cm³/mol. The topological polar surface area (TPSA) is 117 Å². The second-order valence-corrected chi connectivity index (χ2v) is 3.47. The standard InChI is InChI=1S/C7H5NO3S.H3N/c8-5-6-1-3-7(4-2-6)12(9,10)11;/h1-4H,(H,9,10,11);1H3. The van der Waals surface area contributed by atoms with Crippen molar-refractivity contribution in [1.29, 1.82) is 5.26 Å². The number of hydrogen-bond acceptors (Lipinski definition) is 4. The van der Waals surface area contributed by atoms with E-state index >= 15 is 0 Å². The van der Waals surface area contributed by atoms with Gasteiger partial charge in [-0.25, -0.2) is 8.42 Å². The fraction of sp³-hybridized carbons (Fsp3) is 0. The summed E-state index contributed by atoms with van der Waals surface area (Å²) < 4.78 is 31.2. The van der Waals surface area contributed by atoms with Gasteiger partial charge in [-0.15, -0.1) is 0 Å². The zero-order chi connectivity index (χ0) is 9.19. The maximum atomic E-state index is 10.4. The Labute approximate surface area is 76.0 Å². The van der Waals surface area contributed by atoms with Crippen LogP contribution in [-0.4, -0.2) is 13.0 Å². The first-order valence-corrected chi connectivity index (χ1v) is 4.41. The van der Waals surface area contributed by atoms with Crippen LogP contribution in [0.25, 0.3) is 0 Å². The minimum Gasteiger partial charge on any atom is -0.744 e. The molecular formula is C7H8N2O3S. The number of hydrogen-bond donors (Lipinski definition) is 1. The molecule has 0 aliphatic carbocycles. The Hall–Kier alpha value is -1.42. The maximum Gasteiger partial charge on any atom is 0.124 e. The van der Waals surface area contributed by atoms with Crippen LogP contribution in [0.2, 0.25) is 0 Å². The van der Waals surface area contributed by atoms with E-state index in [4.69, 9.17) is 5.26 Å². The van der Waals surface area contributed by atoms with Gasteiger partial charge in [-0.05, 0) is 24.3 Å². The van der Waals surface area contributed by atoms with Crippen molar-refractivity contribution < 1.29 is 13.0 Å². The van der Waals surface area contributed by atoms with E-state index in [2.05, 4.69) is 0 Å². The lowest BCUT2D eigenvalue weighted by atomic mass is 10.2. The Kier molecular flexibility index (Phi) is 3.56. The normalized spacial score (nSPS) is 9.85. The van der Waals surface area contributed by atoms with Crippen LogP contribution in [0.1, 0.15) is 5.56 Å². The monoisotopic (exact) mass is 200 g/mol. The van der Waals surface area contributed by atoms with Gasteiger partial charge in [0.25, 0.3) is 0 Å². The van der Waals surface area contributed by atoms with Crippen molar-refractivity contribution in [3.05, 3.63) is 29.8 Å². The highest BCUT2D eigenvalue weighted by molar-refractivity contribution is 7.85. The van der Waals surface area contributed by atoms with Gasteiger partial charge in [0.05, 0.1) is 16.5 Å². The molecule has 6 heteroatoms. The Morgan fingerprint density at radius 1 is 1.23 bits per heavy atom. The van der Waals surface area contributed by atoms with Crippen molar-refractivity contribution in [2.24, 2.45) is 0 Å². The Morgan fingerprint density at radius 3 is 2.00 bits per heavy atom. The highest BCUT2D eigenvalue weighted by Gasteiger charge is 1.99. The van der Waals surface area contributed by atoms with Gasteiger partial charge in [-0.3, -0.25) is 0 Å². The zero-order valence-electron chi connectivity index (χ0n) is 6.89. The average molecular weight is 200 g/mol. The van der Waals surface area contributed by atoms with E-state index in [0.29, 0.717) is 5.56 Å². The Balaban J connectivity index is 0.00000144. The van der Waals surface area contributed by atoms with Gasteiger partial charge in [0, 0.05) is 0 Å². The molecule has 0 unspecified atom stereocenters. The Morgan fingerprint density at radius 2 is 1.69 bits per heavy atom. The van der Waals surface area contributed by atoms with Crippen molar-refractivity contribution in [1.82, 2.24) is 6.15 Å². The second kappa shape index (κ2) is 4.00. The quantitative estimate of drug-likeness (QED) is 0.675. The lowest BCUT2D eigenvalue weighted by molar-refractivity contribution is 0.463. The van der Waals surface area contributed by atoms with Crippen LogP contribution < -0.4 is 6.15 Å². The smallest absolute Gasteiger partial charge is 0.124 e. The molecule has 70 valence electrons. The minimum atomic E-state index is -4.39. The molecule has 0 heterocycles. The zero-order valence-corrected chi connectivity index (χ0v) is 7.71. The number of benzene rings is 1. The summed E-state index contributed by atoms with van der Waals surface area (Å²) in [4.78, 5) is -0.318. The molecule has 0 aromatic heterocycles. The van der Waals surface area contributed by atoms with Crippen molar-refractivity contribution in [3.8, 4) is 6.07 Å². The predicted octanol–water partition coefficient (Wildman–Crippen LogP) is 0.839. The summed E-state index contributed by atoms with van der Waals surface area (Å²) in [6, 6.07) is 6.60. The van der Waals surface area contributed by atoms with Crippen LogP contribution >= 0.6 is 0 Å². The molecule has 0 saturated heterocycles. The molecule has 4 N–H and O–H groups in total.